The van der Waals surface area contributed by atoms with Crippen molar-refractivity contribution in [1.82, 2.24) is 0 Å². The van der Waals surface area contributed by atoms with E-state index in [0.717, 1.165) is 5.56 Å². The minimum absolute atomic E-state index is 0.00262. The van der Waals surface area contributed by atoms with Crippen LogP contribution >= 0.6 is 0 Å². The van der Waals surface area contributed by atoms with Crippen LogP contribution in [0.25, 0.3) is 6.08 Å². The first-order valence-electron chi connectivity index (χ1n) is 9.19. The van der Waals surface area contributed by atoms with Gasteiger partial charge in [-0.1, -0.05) is 55.1 Å². The summed E-state index contributed by atoms with van der Waals surface area (Å²) in [6, 6.07) is 14.8. The fraction of sp³-hybridized carbons (Fsp3) is 0.217. The number of carbonyl (C=O) groups excluding carboxylic acids is 2. The Morgan fingerprint density at radius 1 is 1.13 bits per heavy atom. The van der Waals surface area contributed by atoms with Gasteiger partial charge in [-0.15, -0.1) is 0 Å². The van der Waals surface area contributed by atoms with E-state index < -0.39 is 22.3 Å². The number of rotatable bonds is 9. The van der Waals surface area contributed by atoms with Crippen molar-refractivity contribution in [2.24, 2.45) is 0 Å². The zero-order chi connectivity index (χ0) is 22.1. The lowest BCUT2D eigenvalue weighted by molar-refractivity contribution is -0.384. The topological polar surface area (TPSA) is 95.7 Å². The van der Waals surface area contributed by atoms with E-state index in [1.54, 1.807) is 13.0 Å². The molecule has 1 unspecified atom stereocenters. The monoisotopic (exact) mass is 409 g/mol. The zero-order valence-corrected chi connectivity index (χ0v) is 16.9. The second kappa shape index (κ2) is 10.2. The molecule has 2 aromatic carbocycles. The number of nitro groups is 1. The first-order chi connectivity index (χ1) is 14.3. The van der Waals surface area contributed by atoms with Crippen molar-refractivity contribution in [2.75, 3.05) is 13.7 Å². The van der Waals surface area contributed by atoms with Crippen LogP contribution in [0.2, 0.25) is 0 Å². The molecule has 7 nitrogen and oxygen atoms in total. The van der Waals surface area contributed by atoms with Crippen molar-refractivity contribution in [2.45, 2.75) is 18.8 Å². The second-order valence-electron chi connectivity index (χ2n) is 6.77. The molecule has 1 atom stereocenters. The van der Waals surface area contributed by atoms with Gasteiger partial charge in [-0.3, -0.25) is 14.9 Å². The largest absolute Gasteiger partial charge is 0.466 e. The van der Waals surface area contributed by atoms with Gasteiger partial charge >= 0.3 is 11.9 Å². The molecule has 0 heterocycles. The van der Waals surface area contributed by atoms with Gasteiger partial charge in [0.15, 0.2) is 0 Å². The predicted octanol–water partition coefficient (Wildman–Crippen LogP) is 4.23. The van der Waals surface area contributed by atoms with Gasteiger partial charge in [-0.2, -0.15) is 0 Å². The van der Waals surface area contributed by atoms with Crippen molar-refractivity contribution < 1.29 is 24.0 Å². The fourth-order valence-electron chi connectivity index (χ4n) is 2.98. The van der Waals surface area contributed by atoms with Crippen LogP contribution in [0, 0.1) is 10.1 Å². The molecule has 156 valence electrons. The van der Waals surface area contributed by atoms with Crippen LogP contribution < -0.4 is 0 Å². The highest BCUT2D eigenvalue weighted by Crippen LogP contribution is 2.34. The maximum absolute atomic E-state index is 13.0. The quantitative estimate of drug-likeness (QED) is 0.202. The Morgan fingerprint density at radius 2 is 1.77 bits per heavy atom. The van der Waals surface area contributed by atoms with Crippen LogP contribution in [-0.4, -0.2) is 30.6 Å². The summed E-state index contributed by atoms with van der Waals surface area (Å²) in [6.45, 7) is 5.16. The second-order valence-corrected chi connectivity index (χ2v) is 6.77. The van der Waals surface area contributed by atoms with Gasteiger partial charge in [0.05, 0.1) is 17.4 Å². The molecule has 0 aromatic heterocycles. The molecule has 0 saturated heterocycles. The number of methoxy groups -OCH3 is 1. The van der Waals surface area contributed by atoms with Gasteiger partial charge in [-0.25, -0.2) is 4.79 Å². The van der Waals surface area contributed by atoms with E-state index in [1.165, 1.54) is 37.5 Å². The third kappa shape index (κ3) is 5.41. The van der Waals surface area contributed by atoms with Crippen LogP contribution in [0.1, 0.15) is 24.5 Å². The van der Waals surface area contributed by atoms with Crippen molar-refractivity contribution in [3.05, 3.63) is 94.1 Å². The van der Waals surface area contributed by atoms with Crippen LogP contribution in [0.4, 0.5) is 5.69 Å². The lowest BCUT2D eigenvalue weighted by Crippen LogP contribution is -2.36. The number of nitro benzene ring substituents is 1. The fourth-order valence-corrected chi connectivity index (χ4v) is 2.98. The Hall–Kier alpha value is -3.74. The average molecular weight is 409 g/mol. The highest BCUT2D eigenvalue weighted by Gasteiger charge is 2.39. The Kier molecular flexibility index (Phi) is 7.63. The summed E-state index contributed by atoms with van der Waals surface area (Å²) in [5.74, 6) is -1.16. The van der Waals surface area contributed by atoms with E-state index >= 15 is 0 Å². The number of non-ortho nitro benzene ring substituents is 1. The molecule has 0 N–H and O–H groups in total. The maximum Gasteiger partial charge on any atom is 0.333 e. The number of hydrogen-bond acceptors (Lipinski definition) is 6. The van der Waals surface area contributed by atoms with Crippen molar-refractivity contribution in [1.29, 1.82) is 0 Å². The molecule has 0 saturated carbocycles. The first kappa shape index (κ1) is 22.5. The summed E-state index contributed by atoms with van der Waals surface area (Å²) >= 11 is 0. The molecule has 0 spiro atoms. The lowest BCUT2D eigenvalue weighted by Gasteiger charge is -2.28. The summed E-state index contributed by atoms with van der Waals surface area (Å²) in [6.07, 6.45) is 3.06. The smallest absolute Gasteiger partial charge is 0.333 e. The van der Waals surface area contributed by atoms with Crippen LogP contribution in [0.3, 0.4) is 0 Å². The Bertz CT molecular complexity index is 949. The maximum atomic E-state index is 13.0. The summed E-state index contributed by atoms with van der Waals surface area (Å²) < 4.78 is 10.2. The number of nitrogens with zero attached hydrogens (tertiary/aromatic N) is 1. The SMILES string of the molecule is C=CCOC(=O)C(C)(C/C(=C\c1ccccc1)C(=O)OC)c1ccc([N+](=O)[O-])cc1. The van der Waals surface area contributed by atoms with Crippen LogP contribution in [-0.2, 0) is 24.5 Å². The summed E-state index contributed by atoms with van der Waals surface area (Å²) in [5, 5.41) is 11.0. The molecular formula is C23H23NO6. The molecule has 0 radical (unpaired) electrons. The van der Waals surface area contributed by atoms with Crippen LogP contribution in [0.5, 0.6) is 0 Å². The molecule has 0 aliphatic rings. The van der Waals surface area contributed by atoms with E-state index in [0.29, 0.717) is 5.56 Å². The van der Waals surface area contributed by atoms with Gasteiger partial charge in [0.1, 0.15) is 6.61 Å². The molecule has 0 aliphatic carbocycles. The molecule has 30 heavy (non-hydrogen) atoms. The van der Waals surface area contributed by atoms with Gasteiger partial charge in [0.2, 0.25) is 0 Å². The van der Waals surface area contributed by atoms with Gasteiger partial charge < -0.3 is 9.47 Å². The van der Waals surface area contributed by atoms with E-state index in [9.17, 15) is 19.7 Å². The predicted molar refractivity (Wildman–Crippen MR) is 113 cm³/mol. The third-order valence-corrected chi connectivity index (χ3v) is 4.63. The number of hydrogen-bond donors (Lipinski definition) is 0. The Labute approximate surface area is 174 Å². The van der Waals surface area contributed by atoms with Crippen molar-refractivity contribution in [3.8, 4) is 0 Å². The highest BCUT2D eigenvalue weighted by atomic mass is 16.6. The number of benzene rings is 2. The molecule has 0 bridgehead atoms. The van der Waals surface area contributed by atoms with Crippen LogP contribution in [0.15, 0.2) is 72.8 Å². The average Bonchev–Trinajstić information content (AvgIpc) is 2.77. The first-order valence-corrected chi connectivity index (χ1v) is 9.19. The van der Waals surface area contributed by atoms with Crippen molar-refractivity contribution in [3.63, 3.8) is 0 Å². The summed E-state index contributed by atoms with van der Waals surface area (Å²) in [4.78, 5) is 35.9. The van der Waals surface area contributed by atoms with Gasteiger partial charge in [0, 0.05) is 17.7 Å². The minimum Gasteiger partial charge on any atom is -0.466 e. The molecule has 0 aliphatic heterocycles. The molecular weight excluding hydrogens is 386 g/mol. The summed E-state index contributed by atoms with van der Waals surface area (Å²) in [5.41, 5.74) is 0.120. The van der Waals surface area contributed by atoms with E-state index in [1.807, 2.05) is 30.3 Å². The molecule has 2 rings (SSSR count). The zero-order valence-electron chi connectivity index (χ0n) is 16.9. The molecule has 0 fully saturated rings. The molecule has 0 amide bonds. The molecule has 2 aromatic rings. The summed E-state index contributed by atoms with van der Waals surface area (Å²) in [7, 11) is 1.26. The third-order valence-electron chi connectivity index (χ3n) is 4.63. The van der Waals surface area contributed by atoms with Crippen molar-refractivity contribution >= 4 is 23.7 Å². The minimum atomic E-state index is -1.28. The van der Waals surface area contributed by atoms with E-state index in [4.69, 9.17) is 9.47 Å². The lowest BCUT2D eigenvalue weighted by atomic mass is 9.76. The standard InChI is InChI=1S/C23H23NO6/c1-4-14-30-22(26)23(2,19-10-12-20(13-11-19)24(27)28)16-18(21(25)29-3)15-17-8-6-5-7-9-17/h4-13,15H,1,14,16H2,2-3H3/b18-15+. The highest BCUT2D eigenvalue weighted by molar-refractivity contribution is 5.96. The van der Waals surface area contributed by atoms with E-state index in [2.05, 4.69) is 6.58 Å². The van der Waals surface area contributed by atoms with Gasteiger partial charge in [0.25, 0.3) is 5.69 Å². The Balaban J connectivity index is 2.52. The number of ether oxygens (including phenoxy) is 2. The molecule has 7 heteroatoms. The Morgan fingerprint density at radius 3 is 2.30 bits per heavy atom. The number of esters is 2. The normalized spacial score (nSPS) is 13.1. The number of carbonyl (C=O) groups is 2. The van der Waals surface area contributed by atoms with E-state index in [-0.39, 0.29) is 24.3 Å². The van der Waals surface area contributed by atoms with Gasteiger partial charge in [-0.05, 0) is 30.5 Å².